The Morgan fingerprint density at radius 2 is 1.79 bits per heavy atom. The third-order valence-electron chi connectivity index (χ3n) is 3.38. The molecule has 0 saturated heterocycles. The summed E-state index contributed by atoms with van der Waals surface area (Å²) in [6.07, 6.45) is 0. The predicted octanol–water partition coefficient (Wildman–Crippen LogP) is 4.39. The summed E-state index contributed by atoms with van der Waals surface area (Å²) in [4.78, 5) is 12.2. The van der Waals surface area contributed by atoms with Crippen LogP contribution in [0.25, 0.3) is 0 Å². The van der Waals surface area contributed by atoms with Crippen molar-refractivity contribution in [3.63, 3.8) is 0 Å². The Hall–Kier alpha value is -1.51. The largest absolute Gasteiger partial charge is 0.325 e. The molecule has 2 aromatic carbocycles. The molecule has 3 rings (SSSR count). The van der Waals surface area contributed by atoms with E-state index in [0.717, 1.165) is 22.4 Å². The monoisotopic (exact) mass is 291 g/mol. The van der Waals surface area contributed by atoms with Crippen molar-refractivity contribution in [1.29, 1.82) is 0 Å². The molecule has 19 heavy (non-hydrogen) atoms. The average Bonchev–Trinajstić information content (AvgIpc) is 2.66. The fraction of sp³-hybridized carbons (Fsp3) is 0.133. The first-order valence-electron chi connectivity index (χ1n) is 5.93. The van der Waals surface area contributed by atoms with E-state index in [1.807, 2.05) is 37.3 Å². The van der Waals surface area contributed by atoms with Gasteiger partial charge >= 0.3 is 0 Å². The van der Waals surface area contributed by atoms with Crippen LogP contribution in [0.3, 0.4) is 0 Å². The molecule has 0 aliphatic carbocycles. The maximum absolute atomic E-state index is 12.2. The molecule has 0 radical (unpaired) electrons. The van der Waals surface area contributed by atoms with Crippen LogP contribution in [0.4, 0.5) is 5.69 Å². The number of benzene rings is 2. The molecule has 1 unspecified atom stereocenters. The van der Waals surface area contributed by atoms with Gasteiger partial charge in [-0.25, -0.2) is 0 Å². The lowest BCUT2D eigenvalue weighted by Gasteiger charge is -2.11. The van der Waals surface area contributed by atoms with Crippen LogP contribution in [0.5, 0.6) is 0 Å². The van der Waals surface area contributed by atoms with Gasteiger partial charge in [0.2, 0.25) is 5.91 Å². The first-order chi connectivity index (χ1) is 9.08. The Kier molecular flexibility index (Phi) is 3.00. The summed E-state index contributed by atoms with van der Waals surface area (Å²) < 4.78 is 0. The molecule has 1 amide bonds. The summed E-state index contributed by atoms with van der Waals surface area (Å²) in [5, 5.41) is 4.13. The fourth-order valence-electron chi connectivity index (χ4n) is 2.41. The standard InChI is InChI=1S/C15H11Cl2NO/c1-8-6-13-10(7-12(8)17)14(15(19)18-13)9-4-2-3-5-11(9)16/h2-7,14H,1H3,(H,18,19). The van der Waals surface area contributed by atoms with Gasteiger partial charge in [-0.3, -0.25) is 4.79 Å². The molecule has 0 saturated carbocycles. The van der Waals surface area contributed by atoms with E-state index in [9.17, 15) is 4.79 Å². The van der Waals surface area contributed by atoms with Crippen LogP contribution in [0.2, 0.25) is 10.0 Å². The zero-order chi connectivity index (χ0) is 13.6. The normalized spacial score (nSPS) is 17.2. The third-order valence-corrected chi connectivity index (χ3v) is 4.13. The van der Waals surface area contributed by atoms with Crippen molar-refractivity contribution in [3.05, 3.63) is 63.1 Å². The number of carbonyl (C=O) groups is 1. The van der Waals surface area contributed by atoms with Crippen LogP contribution >= 0.6 is 23.2 Å². The lowest BCUT2D eigenvalue weighted by Crippen LogP contribution is -2.13. The Morgan fingerprint density at radius 3 is 2.53 bits per heavy atom. The Bertz CT molecular complexity index is 682. The summed E-state index contributed by atoms with van der Waals surface area (Å²) >= 11 is 12.4. The van der Waals surface area contributed by atoms with Crippen molar-refractivity contribution in [2.45, 2.75) is 12.8 Å². The van der Waals surface area contributed by atoms with Gasteiger partial charge in [-0.15, -0.1) is 0 Å². The quantitative estimate of drug-likeness (QED) is 0.830. The molecule has 0 fully saturated rings. The van der Waals surface area contributed by atoms with E-state index in [2.05, 4.69) is 5.32 Å². The second kappa shape index (κ2) is 4.55. The number of fused-ring (bicyclic) bond motifs is 1. The van der Waals surface area contributed by atoms with Crippen molar-refractivity contribution in [2.75, 3.05) is 5.32 Å². The molecule has 1 N–H and O–H groups in total. The van der Waals surface area contributed by atoms with Crippen molar-refractivity contribution in [3.8, 4) is 0 Å². The minimum atomic E-state index is -0.387. The highest BCUT2D eigenvalue weighted by molar-refractivity contribution is 6.32. The number of anilines is 1. The smallest absolute Gasteiger partial charge is 0.236 e. The maximum atomic E-state index is 12.2. The molecule has 0 spiro atoms. The van der Waals surface area contributed by atoms with Crippen molar-refractivity contribution >= 4 is 34.8 Å². The van der Waals surface area contributed by atoms with E-state index in [4.69, 9.17) is 23.2 Å². The molecule has 2 nitrogen and oxygen atoms in total. The molecule has 1 heterocycles. The van der Waals surface area contributed by atoms with E-state index in [1.165, 1.54) is 0 Å². The molecule has 2 aromatic rings. The summed E-state index contributed by atoms with van der Waals surface area (Å²) in [5.41, 5.74) is 3.45. The summed E-state index contributed by atoms with van der Waals surface area (Å²) in [5.74, 6) is -0.452. The minimum absolute atomic E-state index is 0.0650. The summed E-state index contributed by atoms with van der Waals surface area (Å²) in [6.45, 7) is 1.91. The van der Waals surface area contributed by atoms with Gasteiger partial charge in [0.1, 0.15) is 0 Å². The number of amides is 1. The maximum Gasteiger partial charge on any atom is 0.236 e. The highest BCUT2D eigenvalue weighted by atomic mass is 35.5. The highest BCUT2D eigenvalue weighted by Crippen LogP contribution is 2.41. The number of carbonyl (C=O) groups excluding carboxylic acids is 1. The molecule has 0 aromatic heterocycles. The van der Waals surface area contributed by atoms with E-state index in [-0.39, 0.29) is 11.8 Å². The van der Waals surface area contributed by atoms with Crippen LogP contribution < -0.4 is 5.32 Å². The Morgan fingerprint density at radius 1 is 1.05 bits per heavy atom. The number of hydrogen-bond acceptors (Lipinski definition) is 1. The Balaban J connectivity index is 2.18. The average molecular weight is 292 g/mol. The number of nitrogens with one attached hydrogen (secondary N) is 1. The lowest BCUT2D eigenvalue weighted by molar-refractivity contribution is -0.116. The molecule has 1 aliphatic heterocycles. The summed E-state index contributed by atoms with van der Waals surface area (Å²) in [7, 11) is 0. The van der Waals surface area contributed by atoms with E-state index >= 15 is 0 Å². The van der Waals surface area contributed by atoms with Gasteiger partial charge in [-0.05, 0) is 41.8 Å². The zero-order valence-electron chi connectivity index (χ0n) is 10.2. The van der Waals surface area contributed by atoms with Gasteiger partial charge in [0.05, 0.1) is 5.92 Å². The lowest BCUT2D eigenvalue weighted by atomic mass is 9.92. The van der Waals surface area contributed by atoms with E-state index in [0.29, 0.717) is 10.0 Å². The van der Waals surface area contributed by atoms with Crippen LogP contribution in [0, 0.1) is 6.92 Å². The molecule has 1 aliphatic rings. The zero-order valence-corrected chi connectivity index (χ0v) is 11.7. The van der Waals surface area contributed by atoms with Gasteiger partial charge < -0.3 is 5.32 Å². The molecule has 1 atom stereocenters. The summed E-state index contributed by atoms with van der Waals surface area (Å²) in [6, 6.07) is 11.1. The van der Waals surface area contributed by atoms with Crippen molar-refractivity contribution < 1.29 is 4.79 Å². The van der Waals surface area contributed by atoms with Crippen molar-refractivity contribution in [2.24, 2.45) is 0 Å². The van der Waals surface area contributed by atoms with Crippen LogP contribution in [-0.4, -0.2) is 5.91 Å². The fourth-order valence-corrected chi connectivity index (χ4v) is 2.83. The molecule has 96 valence electrons. The molecule has 4 heteroatoms. The van der Waals surface area contributed by atoms with Crippen LogP contribution in [0.1, 0.15) is 22.6 Å². The first kappa shape index (κ1) is 12.5. The molecular weight excluding hydrogens is 281 g/mol. The Labute approximate surface area is 121 Å². The van der Waals surface area contributed by atoms with Gasteiger partial charge in [-0.1, -0.05) is 41.4 Å². The first-order valence-corrected chi connectivity index (χ1v) is 6.69. The topological polar surface area (TPSA) is 29.1 Å². The SMILES string of the molecule is Cc1cc2c(cc1Cl)C(c1ccccc1Cl)C(=O)N2. The number of rotatable bonds is 1. The predicted molar refractivity (Wildman–Crippen MR) is 78.1 cm³/mol. The number of aryl methyl sites for hydroxylation is 1. The molecule has 0 bridgehead atoms. The van der Waals surface area contributed by atoms with Crippen LogP contribution in [-0.2, 0) is 4.79 Å². The van der Waals surface area contributed by atoms with Gasteiger partial charge in [0.25, 0.3) is 0 Å². The number of hydrogen-bond donors (Lipinski definition) is 1. The minimum Gasteiger partial charge on any atom is -0.325 e. The van der Waals surface area contributed by atoms with Gasteiger partial charge in [0, 0.05) is 15.7 Å². The van der Waals surface area contributed by atoms with E-state index in [1.54, 1.807) is 6.07 Å². The number of halogens is 2. The third kappa shape index (κ3) is 2.01. The highest BCUT2D eigenvalue weighted by Gasteiger charge is 2.33. The van der Waals surface area contributed by atoms with Gasteiger partial charge in [-0.2, -0.15) is 0 Å². The van der Waals surface area contributed by atoms with Crippen LogP contribution in [0.15, 0.2) is 36.4 Å². The van der Waals surface area contributed by atoms with Gasteiger partial charge in [0.15, 0.2) is 0 Å². The van der Waals surface area contributed by atoms with E-state index < -0.39 is 0 Å². The molecular formula is C15H11Cl2NO. The second-order valence-electron chi connectivity index (χ2n) is 4.63. The van der Waals surface area contributed by atoms with Crippen molar-refractivity contribution in [1.82, 2.24) is 0 Å². The second-order valence-corrected chi connectivity index (χ2v) is 5.45.